The number of benzene rings is 2. The summed E-state index contributed by atoms with van der Waals surface area (Å²) in [4.78, 5) is 29.7. The van der Waals surface area contributed by atoms with Gasteiger partial charge in [-0.25, -0.2) is 4.98 Å². The van der Waals surface area contributed by atoms with Crippen molar-refractivity contribution in [1.29, 1.82) is 5.26 Å². The van der Waals surface area contributed by atoms with E-state index in [1.807, 2.05) is 48.2 Å². The Morgan fingerprint density at radius 2 is 1.87 bits per heavy atom. The summed E-state index contributed by atoms with van der Waals surface area (Å²) in [7, 11) is 3.83. The second kappa shape index (κ2) is 13.9. The van der Waals surface area contributed by atoms with E-state index in [9.17, 15) is 10.1 Å². The van der Waals surface area contributed by atoms with Crippen molar-refractivity contribution in [3.05, 3.63) is 91.7 Å². The molecule has 0 bridgehead atoms. The molecule has 0 radical (unpaired) electrons. The molecule has 0 atom stereocenters. The van der Waals surface area contributed by atoms with Crippen LogP contribution in [0, 0.1) is 25.2 Å². The van der Waals surface area contributed by atoms with Crippen LogP contribution in [-0.4, -0.2) is 70.8 Å². The van der Waals surface area contributed by atoms with Crippen LogP contribution in [0.15, 0.2) is 42.6 Å². The molecule has 2 aliphatic rings. The first-order chi connectivity index (χ1) is 22.2. The highest BCUT2D eigenvalue weighted by Crippen LogP contribution is 2.38. The average molecular weight is 651 g/mol. The quantitative estimate of drug-likeness (QED) is 0.200. The van der Waals surface area contributed by atoms with Gasteiger partial charge in [-0.2, -0.15) is 5.26 Å². The Labute approximate surface area is 280 Å². The summed E-state index contributed by atoms with van der Waals surface area (Å²) < 4.78 is 0. The summed E-state index contributed by atoms with van der Waals surface area (Å²) in [6.45, 7) is 9.12. The number of pyridine rings is 1. The Hall–Kier alpha value is -3.87. The van der Waals surface area contributed by atoms with E-state index in [0.717, 1.165) is 69.5 Å². The van der Waals surface area contributed by atoms with Crippen molar-refractivity contribution in [3.63, 3.8) is 0 Å². The number of aryl methyl sites for hydroxylation is 1. The molecule has 0 aliphatic carbocycles. The SMILES string of the molecule is Cc1cc(/C=C/c2nccc(-c3cccc(-c4nc5c(s4)CN(C(=O)CN(C)C)CC5)c3C)c2C#N)c(Cl)cc1CN1CCCC1. The highest BCUT2D eigenvalue weighted by Gasteiger charge is 2.25. The van der Waals surface area contributed by atoms with Crippen molar-refractivity contribution in [3.8, 4) is 27.8 Å². The molecule has 2 aliphatic heterocycles. The largest absolute Gasteiger partial charge is 0.336 e. The molecule has 2 aromatic heterocycles. The fourth-order valence-electron chi connectivity index (χ4n) is 6.39. The molecule has 1 amide bonds. The minimum atomic E-state index is 0.141. The molecule has 46 heavy (non-hydrogen) atoms. The van der Waals surface area contributed by atoms with E-state index in [2.05, 4.69) is 54.1 Å². The molecule has 1 saturated heterocycles. The van der Waals surface area contributed by atoms with Crippen LogP contribution in [0.2, 0.25) is 5.02 Å². The maximum atomic E-state index is 12.7. The first-order valence-corrected chi connectivity index (χ1v) is 17.0. The van der Waals surface area contributed by atoms with E-state index >= 15 is 0 Å². The van der Waals surface area contributed by atoms with Crippen LogP contribution in [0.1, 0.15) is 56.9 Å². The number of aromatic nitrogens is 2. The number of carbonyl (C=O) groups excluding carboxylic acids is 1. The van der Waals surface area contributed by atoms with Crippen LogP contribution >= 0.6 is 22.9 Å². The maximum Gasteiger partial charge on any atom is 0.237 e. The number of hydrogen-bond acceptors (Lipinski definition) is 7. The van der Waals surface area contributed by atoms with E-state index in [1.165, 1.54) is 24.0 Å². The van der Waals surface area contributed by atoms with Gasteiger partial charge in [0, 0.05) is 46.7 Å². The minimum Gasteiger partial charge on any atom is -0.336 e. The third kappa shape index (κ3) is 6.79. The van der Waals surface area contributed by atoms with Gasteiger partial charge in [0.1, 0.15) is 11.1 Å². The van der Waals surface area contributed by atoms with Gasteiger partial charge in [-0.05, 0) is 99.9 Å². The number of halogens is 1. The van der Waals surface area contributed by atoms with Crippen LogP contribution in [0.25, 0.3) is 33.9 Å². The summed E-state index contributed by atoms with van der Waals surface area (Å²) in [5.74, 6) is 0.141. The van der Waals surface area contributed by atoms with Crippen LogP contribution in [0.5, 0.6) is 0 Å². The monoisotopic (exact) mass is 650 g/mol. The molecule has 0 spiro atoms. The Balaban J connectivity index is 1.27. The second-order valence-electron chi connectivity index (χ2n) is 12.5. The topological polar surface area (TPSA) is 76.4 Å². The molecule has 6 rings (SSSR count). The summed E-state index contributed by atoms with van der Waals surface area (Å²) >= 11 is 8.40. The zero-order valence-corrected chi connectivity index (χ0v) is 28.5. The van der Waals surface area contributed by atoms with Gasteiger partial charge in [0.15, 0.2) is 0 Å². The normalized spacial score (nSPS) is 15.1. The van der Waals surface area contributed by atoms with E-state index in [-0.39, 0.29) is 5.91 Å². The Kier molecular flexibility index (Phi) is 9.67. The van der Waals surface area contributed by atoms with Gasteiger partial charge in [0.25, 0.3) is 0 Å². The molecule has 0 N–H and O–H groups in total. The molecule has 0 saturated carbocycles. The number of hydrogen-bond donors (Lipinski definition) is 0. The van der Waals surface area contributed by atoms with Gasteiger partial charge in [-0.15, -0.1) is 11.3 Å². The molecule has 1 fully saturated rings. The van der Waals surface area contributed by atoms with Crippen molar-refractivity contribution in [2.45, 2.75) is 46.2 Å². The maximum absolute atomic E-state index is 12.7. The number of carbonyl (C=O) groups is 1. The van der Waals surface area contributed by atoms with Crippen molar-refractivity contribution in [2.75, 3.05) is 40.3 Å². The molecule has 7 nitrogen and oxygen atoms in total. The highest BCUT2D eigenvalue weighted by atomic mass is 35.5. The second-order valence-corrected chi connectivity index (χ2v) is 14.0. The van der Waals surface area contributed by atoms with Crippen LogP contribution < -0.4 is 0 Å². The number of nitrogens with zero attached hydrogens (tertiary/aromatic N) is 6. The highest BCUT2D eigenvalue weighted by molar-refractivity contribution is 7.15. The lowest BCUT2D eigenvalue weighted by Gasteiger charge is -2.27. The lowest BCUT2D eigenvalue weighted by Crippen LogP contribution is -2.40. The molecule has 9 heteroatoms. The van der Waals surface area contributed by atoms with Gasteiger partial charge in [0.05, 0.1) is 30.0 Å². The number of likely N-dealkylation sites (N-methyl/N-ethyl adjacent to an activating group) is 1. The van der Waals surface area contributed by atoms with Crippen LogP contribution in [-0.2, 0) is 24.3 Å². The lowest BCUT2D eigenvalue weighted by molar-refractivity contribution is -0.132. The molecular formula is C37H39ClN6OS. The van der Waals surface area contributed by atoms with Gasteiger partial charge in [-0.1, -0.05) is 41.9 Å². The van der Waals surface area contributed by atoms with Crippen molar-refractivity contribution >= 4 is 41.0 Å². The average Bonchev–Trinajstić information content (AvgIpc) is 3.71. The van der Waals surface area contributed by atoms with Crippen molar-refractivity contribution in [2.24, 2.45) is 0 Å². The smallest absolute Gasteiger partial charge is 0.237 e. The third-order valence-corrected chi connectivity index (χ3v) is 10.4. The number of rotatable bonds is 8. The van der Waals surface area contributed by atoms with E-state index in [0.29, 0.717) is 35.9 Å². The fourth-order valence-corrected chi connectivity index (χ4v) is 7.85. The molecule has 0 unspecified atom stereocenters. The molecule has 4 aromatic rings. The summed E-state index contributed by atoms with van der Waals surface area (Å²) in [6.07, 6.45) is 8.88. The lowest BCUT2D eigenvalue weighted by atomic mass is 9.93. The van der Waals surface area contributed by atoms with Gasteiger partial charge < -0.3 is 9.80 Å². The zero-order valence-electron chi connectivity index (χ0n) is 26.9. The zero-order chi connectivity index (χ0) is 32.4. The summed E-state index contributed by atoms with van der Waals surface area (Å²) in [5, 5.41) is 12.0. The minimum absolute atomic E-state index is 0.141. The summed E-state index contributed by atoms with van der Waals surface area (Å²) in [5.41, 5.74) is 9.48. The number of nitriles is 1. The van der Waals surface area contributed by atoms with Gasteiger partial charge >= 0.3 is 0 Å². The third-order valence-electron chi connectivity index (χ3n) is 8.95. The fraction of sp³-hybridized carbons (Fsp3) is 0.351. The van der Waals surface area contributed by atoms with Gasteiger partial charge in [-0.3, -0.25) is 14.7 Å². The Morgan fingerprint density at radius 1 is 1.09 bits per heavy atom. The molecule has 4 heterocycles. The Morgan fingerprint density at radius 3 is 2.63 bits per heavy atom. The number of amides is 1. The first-order valence-electron chi connectivity index (χ1n) is 15.8. The molecule has 236 valence electrons. The van der Waals surface area contributed by atoms with Crippen molar-refractivity contribution < 1.29 is 4.79 Å². The number of thiazole rings is 1. The van der Waals surface area contributed by atoms with Crippen LogP contribution in [0.3, 0.4) is 0 Å². The molecular weight excluding hydrogens is 612 g/mol. The number of fused-ring (bicyclic) bond motifs is 1. The number of likely N-dealkylation sites (tertiary alicyclic amines) is 1. The standard InChI is InChI=1S/C37H39ClN6OS/c1-24-18-26(32(38)19-27(24)21-43-15-5-6-16-43)10-11-33-31(20-39)30(12-14-40-33)28-8-7-9-29(25(28)2)37-41-34-13-17-44(22-35(34)46-37)36(45)23-42(3)4/h7-12,14,18-19H,5-6,13,15-17,21-23H2,1-4H3/b11-10+. The van der Waals surface area contributed by atoms with Crippen molar-refractivity contribution in [1.82, 2.24) is 24.7 Å². The summed E-state index contributed by atoms with van der Waals surface area (Å²) in [6, 6.07) is 14.7. The van der Waals surface area contributed by atoms with E-state index in [1.54, 1.807) is 17.5 Å². The predicted molar refractivity (Wildman–Crippen MR) is 188 cm³/mol. The first kappa shape index (κ1) is 32.1. The van der Waals surface area contributed by atoms with E-state index in [4.69, 9.17) is 16.6 Å². The van der Waals surface area contributed by atoms with Gasteiger partial charge in [0.2, 0.25) is 5.91 Å². The Bertz CT molecular complexity index is 1850. The predicted octanol–water partition coefficient (Wildman–Crippen LogP) is 7.23. The van der Waals surface area contributed by atoms with Crippen LogP contribution in [0.4, 0.5) is 0 Å². The molecule has 2 aromatic carbocycles. The van der Waals surface area contributed by atoms with E-state index < -0.39 is 0 Å².